The van der Waals surface area contributed by atoms with Gasteiger partial charge in [0.1, 0.15) is 0 Å². The number of nitrogens with zero attached hydrogens (tertiary/aromatic N) is 1. The number of fused-ring (bicyclic) bond motifs is 1. The second-order valence-corrected chi connectivity index (χ2v) is 6.62. The number of rotatable bonds is 2. The Morgan fingerprint density at radius 3 is 2.94 bits per heavy atom. The van der Waals surface area contributed by atoms with Crippen LogP contribution in [-0.4, -0.2) is 21.4 Å². The van der Waals surface area contributed by atoms with Crippen molar-refractivity contribution in [2.45, 2.75) is 35.0 Å². The van der Waals surface area contributed by atoms with Gasteiger partial charge in [0, 0.05) is 5.25 Å². The van der Waals surface area contributed by atoms with Gasteiger partial charge in [-0.3, -0.25) is 0 Å². The van der Waals surface area contributed by atoms with Crippen LogP contribution in [0, 0.1) is 0 Å². The normalized spacial score (nSPS) is 25.3. The van der Waals surface area contributed by atoms with Crippen LogP contribution in [0.5, 0.6) is 0 Å². The quantitative estimate of drug-likeness (QED) is 0.889. The van der Waals surface area contributed by atoms with E-state index >= 15 is 0 Å². The number of aromatic nitrogens is 1. The molecule has 1 aromatic heterocycles. The molecule has 1 fully saturated rings. The fourth-order valence-electron chi connectivity index (χ4n) is 2.07. The first-order valence-corrected chi connectivity index (χ1v) is 7.23. The Morgan fingerprint density at radius 2 is 2.19 bits per heavy atom. The van der Waals surface area contributed by atoms with Gasteiger partial charge >= 0.3 is 0 Å². The Balaban J connectivity index is 1.83. The standard InChI is InChI=1S/C12H13NOS2/c14-9-5-3-7-11(9)16-12-13-8-4-1-2-6-10(8)15-12/h1-2,4,6,9,11,14H,3,5,7H2/t9-,11-/m0/s1. The molecular formula is C12H13NOS2. The summed E-state index contributed by atoms with van der Waals surface area (Å²) >= 11 is 3.47. The molecule has 0 saturated heterocycles. The van der Waals surface area contributed by atoms with Crippen molar-refractivity contribution < 1.29 is 5.11 Å². The largest absolute Gasteiger partial charge is 0.392 e. The summed E-state index contributed by atoms with van der Waals surface area (Å²) in [4.78, 5) is 4.58. The zero-order chi connectivity index (χ0) is 11.0. The maximum absolute atomic E-state index is 9.78. The Hall–Kier alpha value is -0.580. The Kier molecular flexibility index (Phi) is 2.88. The molecule has 84 valence electrons. The molecule has 0 unspecified atom stereocenters. The molecule has 16 heavy (non-hydrogen) atoms. The molecule has 1 aliphatic rings. The fourth-order valence-corrected chi connectivity index (χ4v) is 4.59. The van der Waals surface area contributed by atoms with E-state index in [0.29, 0.717) is 5.25 Å². The molecule has 2 aromatic rings. The summed E-state index contributed by atoms with van der Waals surface area (Å²) in [5.74, 6) is 0. The average molecular weight is 251 g/mol. The van der Waals surface area contributed by atoms with Crippen molar-refractivity contribution in [1.82, 2.24) is 4.98 Å². The summed E-state index contributed by atoms with van der Waals surface area (Å²) in [6.45, 7) is 0. The smallest absolute Gasteiger partial charge is 0.151 e. The first-order chi connectivity index (χ1) is 7.83. The highest BCUT2D eigenvalue weighted by atomic mass is 32.2. The number of hydrogen-bond donors (Lipinski definition) is 1. The minimum atomic E-state index is -0.142. The number of benzene rings is 1. The third kappa shape index (κ3) is 1.97. The zero-order valence-electron chi connectivity index (χ0n) is 8.80. The van der Waals surface area contributed by atoms with Crippen molar-refractivity contribution in [1.29, 1.82) is 0 Å². The fraction of sp³-hybridized carbons (Fsp3) is 0.417. The third-order valence-corrected chi connectivity index (χ3v) is 5.46. The summed E-state index contributed by atoms with van der Waals surface area (Å²) in [5, 5.41) is 10.1. The van der Waals surface area contributed by atoms with Crippen LogP contribution >= 0.6 is 23.1 Å². The molecule has 2 nitrogen and oxygen atoms in total. The molecule has 0 aliphatic heterocycles. The Bertz CT molecular complexity index is 463. The van der Waals surface area contributed by atoms with Gasteiger partial charge < -0.3 is 5.11 Å². The lowest BCUT2D eigenvalue weighted by Crippen LogP contribution is -2.14. The van der Waals surface area contributed by atoms with E-state index in [4.69, 9.17) is 0 Å². The number of thioether (sulfide) groups is 1. The summed E-state index contributed by atoms with van der Waals surface area (Å²) in [6.07, 6.45) is 3.06. The highest BCUT2D eigenvalue weighted by Gasteiger charge is 2.27. The van der Waals surface area contributed by atoms with Crippen molar-refractivity contribution in [3.05, 3.63) is 24.3 Å². The second-order valence-electron chi connectivity index (χ2n) is 4.10. The van der Waals surface area contributed by atoms with Crippen LogP contribution in [0.3, 0.4) is 0 Å². The summed E-state index contributed by atoms with van der Waals surface area (Å²) in [6, 6.07) is 8.20. The number of aliphatic hydroxyl groups excluding tert-OH is 1. The van der Waals surface area contributed by atoms with Crippen LogP contribution in [0.1, 0.15) is 19.3 Å². The van der Waals surface area contributed by atoms with Crippen LogP contribution in [-0.2, 0) is 0 Å². The lowest BCUT2D eigenvalue weighted by atomic mass is 10.3. The topological polar surface area (TPSA) is 33.1 Å². The van der Waals surface area contributed by atoms with E-state index in [1.807, 2.05) is 18.2 Å². The van der Waals surface area contributed by atoms with Gasteiger partial charge in [0.05, 0.1) is 16.3 Å². The van der Waals surface area contributed by atoms with Gasteiger partial charge in [0.15, 0.2) is 4.34 Å². The number of para-hydroxylation sites is 1. The maximum Gasteiger partial charge on any atom is 0.151 e. The number of thiazole rings is 1. The van der Waals surface area contributed by atoms with Gasteiger partial charge in [-0.05, 0) is 31.4 Å². The predicted octanol–water partition coefficient (Wildman–Crippen LogP) is 3.30. The molecule has 3 rings (SSSR count). The Labute approximate surface area is 103 Å². The van der Waals surface area contributed by atoms with E-state index in [9.17, 15) is 5.11 Å². The highest BCUT2D eigenvalue weighted by molar-refractivity contribution is 8.01. The van der Waals surface area contributed by atoms with Crippen LogP contribution < -0.4 is 0 Å². The van der Waals surface area contributed by atoms with E-state index in [1.165, 1.54) is 4.70 Å². The summed E-state index contributed by atoms with van der Waals surface area (Å²) < 4.78 is 2.32. The van der Waals surface area contributed by atoms with Crippen molar-refractivity contribution in [3.8, 4) is 0 Å². The summed E-state index contributed by atoms with van der Waals surface area (Å²) in [7, 11) is 0. The van der Waals surface area contributed by atoms with Crippen molar-refractivity contribution in [2.24, 2.45) is 0 Å². The van der Waals surface area contributed by atoms with Gasteiger partial charge in [0.2, 0.25) is 0 Å². The number of aliphatic hydroxyl groups is 1. The third-order valence-electron chi connectivity index (χ3n) is 2.94. The van der Waals surface area contributed by atoms with E-state index in [-0.39, 0.29) is 6.10 Å². The minimum absolute atomic E-state index is 0.142. The number of hydrogen-bond acceptors (Lipinski definition) is 4. The first-order valence-electron chi connectivity index (χ1n) is 5.53. The zero-order valence-corrected chi connectivity index (χ0v) is 10.4. The SMILES string of the molecule is O[C@H]1CCC[C@@H]1Sc1nc2ccccc2s1. The molecule has 4 heteroatoms. The van der Waals surface area contributed by atoms with Gasteiger partial charge in [-0.1, -0.05) is 23.9 Å². The second kappa shape index (κ2) is 4.35. The highest BCUT2D eigenvalue weighted by Crippen LogP contribution is 2.38. The average Bonchev–Trinajstić information content (AvgIpc) is 2.85. The van der Waals surface area contributed by atoms with E-state index < -0.39 is 0 Å². The van der Waals surface area contributed by atoms with Gasteiger partial charge in [-0.2, -0.15) is 0 Å². The molecule has 2 atom stereocenters. The van der Waals surface area contributed by atoms with E-state index in [2.05, 4.69) is 11.1 Å². The molecule has 1 aromatic carbocycles. The Morgan fingerprint density at radius 1 is 1.31 bits per heavy atom. The van der Waals surface area contributed by atoms with Crippen LogP contribution in [0.4, 0.5) is 0 Å². The van der Waals surface area contributed by atoms with E-state index in [0.717, 1.165) is 29.1 Å². The molecule has 0 radical (unpaired) electrons. The first kappa shape index (κ1) is 10.6. The van der Waals surface area contributed by atoms with Gasteiger partial charge in [-0.15, -0.1) is 11.3 Å². The lowest BCUT2D eigenvalue weighted by Gasteiger charge is -2.10. The minimum Gasteiger partial charge on any atom is -0.392 e. The summed E-state index contributed by atoms with van der Waals surface area (Å²) in [5.41, 5.74) is 1.07. The molecule has 1 heterocycles. The van der Waals surface area contributed by atoms with Crippen molar-refractivity contribution >= 4 is 33.3 Å². The van der Waals surface area contributed by atoms with Gasteiger partial charge in [-0.25, -0.2) is 4.98 Å². The van der Waals surface area contributed by atoms with Crippen LogP contribution in [0.25, 0.3) is 10.2 Å². The molecule has 0 amide bonds. The molecular weight excluding hydrogens is 238 g/mol. The molecule has 1 saturated carbocycles. The predicted molar refractivity (Wildman–Crippen MR) is 69.1 cm³/mol. The van der Waals surface area contributed by atoms with Gasteiger partial charge in [0.25, 0.3) is 0 Å². The van der Waals surface area contributed by atoms with E-state index in [1.54, 1.807) is 23.1 Å². The van der Waals surface area contributed by atoms with Crippen molar-refractivity contribution in [2.75, 3.05) is 0 Å². The molecule has 1 aliphatic carbocycles. The monoisotopic (exact) mass is 251 g/mol. The van der Waals surface area contributed by atoms with Crippen LogP contribution in [0.2, 0.25) is 0 Å². The molecule has 1 N–H and O–H groups in total. The lowest BCUT2D eigenvalue weighted by molar-refractivity contribution is 0.188. The molecule has 0 spiro atoms. The maximum atomic E-state index is 9.78. The van der Waals surface area contributed by atoms with Crippen LogP contribution in [0.15, 0.2) is 28.6 Å². The molecule has 0 bridgehead atoms. The van der Waals surface area contributed by atoms with Crippen molar-refractivity contribution in [3.63, 3.8) is 0 Å².